The van der Waals surface area contributed by atoms with Crippen molar-refractivity contribution in [1.82, 2.24) is 4.98 Å². The van der Waals surface area contributed by atoms with Gasteiger partial charge in [-0.2, -0.15) is 0 Å². The summed E-state index contributed by atoms with van der Waals surface area (Å²) in [5.41, 5.74) is 1.23. The van der Waals surface area contributed by atoms with E-state index in [9.17, 15) is 0 Å². The second-order valence-corrected chi connectivity index (χ2v) is 2.94. The van der Waals surface area contributed by atoms with E-state index in [4.69, 9.17) is 0 Å². The largest absolute Gasteiger partial charge is 0.264 e. The number of fused-ring (bicyclic) bond motifs is 1. The Morgan fingerprint density at radius 1 is 1.23 bits per heavy atom. The molecule has 0 radical (unpaired) electrons. The highest BCUT2D eigenvalue weighted by Gasteiger charge is 1.95. The number of pyridine rings is 1. The molecule has 1 heteroatoms. The lowest BCUT2D eigenvalue weighted by Crippen LogP contribution is -1.78. The number of nitrogens with zero attached hydrogens (tertiary/aromatic N) is 1. The molecule has 0 amide bonds. The predicted octanol–water partition coefficient (Wildman–Crippen LogP) is 3.27. The van der Waals surface area contributed by atoms with E-state index >= 15 is 0 Å². The van der Waals surface area contributed by atoms with Crippen LogP contribution in [0.25, 0.3) is 16.8 Å². The number of hydrogen-bond acceptors (Lipinski definition) is 1. The Morgan fingerprint density at radius 2 is 2.15 bits per heavy atom. The van der Waals surface area contributed by atoms with Gasteiger partial charge in [0.15, 0.2) is 0 Å². The zero-order valence-electron chi connectivity index (χ0n) is 7.57. The van der Waals surface area contributed by atoms with Gasteiger partial charge in [-0.1, -0.05) is 30.4 Å². The summed E-state index contributed by atoms with van der Waals surface area (Å²) in [6.07, 6.45) is 7.87. The molecule has 0 bridgehead atoms. The first-order valence-electron chi connectivity index (χ1n) is 4.37. The minimum absolute atomic E-state index is 1.21. The van der Waals surface area contributed by atoms with Gasteiger partial charge in [0.05, 0.1) is 0 Å². The second kappa shape index (κ2) is 3.40. The molecule has 2 rings (SSSR count). The number of allylic oxidation sites excluding steroid dienone is 1. The van der Waals surface area contributed by atoms with Gasteiger partial charge in [-0.25, -0.2) is 0 Å². The fourth-order valence-corrected chi connectivity index (χ4v) is 1.46. The minimum atomic E-state index is 1.21. The maximum atomic E-state index is 4.12. The third-order valence-corrected chi connectivity index (χ3v) is 2.06. The number of benzene rings is 1. The first-order valence-corrected chi connectivity index (χ1v) is 4.37. The molecule has 0 unspecified atom stereocenters. The van der Waals surface area contributed by atoms with Crippen molar-refractivity contribution in [3.63, 3.8) is 0 Å². The molecule has 0 aliphatic heterocycles. The van der Waals surface area contributed by atoms with Gasteiger partial charge in [0, 0.05) is 17.8 Å². The van der Waals surface area contributed by atoms with Crippen LogP contribution in [0.2, 0.25) is 0 Å². The molecule has 1 heterocycles. The molecule has 0 N–H and O–H groups in total. The predicted molar refractivity (Wildman–Crippen MR) is 56.5 cm³/mol. The van der Waals surface area contributed by atoms with Crippen molar-refractivity contribution < 1.29 is 0 Å². The van der Waals surface area contributed by atoms with E-state index in [2.05, 4.69) is 29.3 Å². The first kappa shape index (κ1) is 7.99. The zero-order chi connectivity index (χ0) is 9.10. The molecule has 0 aliphatic carbocycles. The molecule has 1 aromatic heterocycles. The Hall–Kier alpha value is -1.63. The lowest BCUT2D eigenvalue weighted by molar-refractivity contribution is 1.36. The van der Waals surface area contributed by atoms with Crippen LogP contribution in [0.4, 0.5) is 0 Å². The Bertz CT molecular complexity index is 438. The summed E-state index contributed by atoms with van der Waals surface area (Å²) in [6.45, 7) is 2.02. The quantitative estimate of drug-likeness (QED) is 0.638. The summed E-state index contributed by atoms with van der Waals surface area (Å²) in [6, 6.07) is 8.30. The van der Waals surface area contributed by atoms with E-state index in [-0.39, 0.29) is 0 Å². The van der Waals surface area contributed by atoms with Crippen LogP contribution in [-0.4, -0.2) is 4.98 Å². The maximum absolute atomic E-state index is 4.12. The van der Waals surface area contributed by atoms with Crippen LogP contribution in [0.15, 0.2) is 42.7 Å². The van der Waals surface area contributed by atoms with Gasteiger partial charge in [-0.15, -0.1) is 0 Å². The van der Waals surface area contributed by atoms with E-state index < -0.39 is 0 Å². The minimum Gasteiger partial charge on any atom is -0.264 e. The maximum Gasteiger partial charge on any atom is 0.0352 e. The van der Waals surface area contributed by atoms with Gasteiger partial charge in [-0.3, -0.25) is 4.98 Å². The van der Waals surface area contributed by atoms with E-state index in [0.29, 0.717) is 0 Å². The van der Waals surface area contributed by atoms with Crippen LogP contribution in [0, 0.1) is 0 Å². The fraction of sp³-hybridized carbons (Fsp3) is 0.0833. The summed E-state index contributed by atoms with van der Waals surface area (Å²) in [5, 5.41) is 2.45. The van der Waals surface area contributed by atoms with Crippen LogP contribution in [-0.2, 0) is 0 Å². The molecular weight excluding hydrogens is 158 g/mol. The normalized spacial score (nSPS) is 11.2. The Morgan fingerprint density at radius 3 is 3.00 bits per heavy atom. The van der Waals surface area contributed by atoms with Crippen molar-refractivity contribution in [3.05, 3.63) is 48.3 Å². The highest BCUT2D eigenvalue weighted by molar-refractivity contribution is 5.89. The number of hydrogen-bond donors (Lipinski definition) is 0. The van der Waals surface area contributed by atoms with Crippen molar-refractivity contribution in [3.8, 4) is 0 Å². The average molecular weight is 169 g/mol. The molecule has 64 valence electrons. The van der Waals surface area contributed by atoms with E-state index in [1.807, 2.05) is 31.5 Å². The highest BCUT2D eigenvalue weighted by atomic mass is 14.6. The van der Waals surface area contributed by atoms with Crippen LogP contribution in [0.5, 0.6) is 0 Å². The molecular formula is C12H11N. The molecule has 2 aromatic rings. The van der Waals surface area contributed by atoms with Crippen molar-refractivity contribution in [2.24, 2.45) is 0 Å². The van der Waals surface area contributed by atoms with Crippen LogP contribution in [0.3, 0.4) is 0 Å². The lowest BCUT2D eigenvalue weighted by Gasteiger charge is -1.99. The van der Waals surface area contributed by atoms with E-state index in [0.717, 1.165) is 0 Å². The monoisotopic (exact) mass is 169 g/mol. The van der Waals surface area contributed by atoms with Gasteiger partial charge in [0.25, 0.3) is 0 Å². The van der Waals surface area contributed by atoms with Gasteiger partial charge in [0.2, 0.25) is 0 Å². The first-order chi connectivity index (χ1) is 6.42. The van der Waals surface area contributed by atoms with Crippen molar-refractivity contribution in [2.75, 3.05) is 0 Å². The van der Waals surface area contributed by atoms with Gasteiger partial charge >= 0.3 is 0 Å². The summed E-state index contributed by atoms with van der Waals surface area (Å²) >= 11 is 0. The van der Waals surface area contributed by atoms with Crippen LogP contribution >= 0.6 is 0 Å². The Kier molecular flexibility index (Phi) is 2.09. The Balaban J connectivity index is 2.75. The molecule has 1 nitrogen and oxygen atoms in total. The molecule has 0 spiro atoms. The van der Waals surface area contributed by atoms with Crippen LogP contribution < -0.4 is 0 Å². The van der Waals surface area contributed by atoms with Crippen molar-refractivity contribution in [2.45, 2.75) is 6.92 Å². The summed E-state index contributed by atoms with van der Waals surface area (Å²) in [4.78, 5) is 4.12. The molecule has 1 aromatic carbocycles. The SMILES string of the molecule is C/C=C/c1cccc2ccncc12. The number of rotatable bonds is 1. The summed E-state index contributed by atoms with van der Waals surface area (Å²) in [7, 11) is 0. The highest BCUT2D eigenvalue weighted by Crippen LogP contribution is 2.18. The Labute approximate surface area is 77.7 Å². The summed E-state index contributed by atoms with van der Waals surface area (Å²) < 4.78 is 0. The molecule has 0 saturated heterocycles. The third kappa shape index (κ3) is 1.45. The average Bonchev–Trinajstić information content (AvgIpc) is 2.19. The van der Waals surface area contributed by atoms with Gasteiger partial charge in [0.1, 0.15) is 0 Å². The smallest absolute Gasteiger partial charge is 0.0352 e. The summed E-state index contributed by atoms with van der Waals surface area (Å²) in [5.74, 6) is 0. The molecule has 0 saturated carbocycles. The standard InChI is InChI=1S/C12H11N/c1-2-4-10-5-3-6-11-7-8-13-9-12(10)11/h2-9H,1H3/b4-2+. The van der Waals surface area contributed by atoms with Crippen molar-refractivity contribution in [1.29, 1.82) is 0 Å². The molecule has 13 heavy (non-hydrogen) atoms. The third-order valence-electron chi connectivity index (χ3n) is 2.06. The number of aromatic nitrogens is 1. The fourth-order valence-electron chi connectivity index (χ4n) is 1.46. The lowest BCUT2D eigenvalue weighted by atomic mass is 10.1. The van der Waals surface area contributed by atoms with E-state index in [1.165, 1.54) is 16.3 Å². The topological polar surface area (TPSA) is 12.9 Å². The van der Waals surface area contributed by atoms with Crippen LogP contribution in [0.1, 0.15) is 12.5 Å². The molecule has 0 atom stereocenters. The second-order valence-electron chi connectivity index (χ2n) is 2.94. The molecule has 0 aliphatic rings. The van der Waals surface area contributed by atoms with Gasteiger partial charge in [-0.05, 0) is 23.9 Å². The van der Waals surface area contributed by atoms with Gasteiger partial charge < -0.3 is 0 Å². The van der Waals surface area contributed by atoms with Crippen molar-refractivity contribution >= 4 is 16.8 Å². The zero-order valence-corrected chi connectivity index (χ0v) is 7.57. The molecule has 0 fully saturated rings. The van der Waals surface area contributed by atoms with E-state index in [1.54, 1.807) is 0 Å².